The minimum atomic E-state index is -0.923. The van der Waals surface area contributed by atoms with Gasteiger partial charge in [0.1, 0.15) is 5.75 Å². The Bertz CT molecular complexity index is 724. The number of nitrogens with zero attached hydrogens (tertiary/aromatic N) is 1. The standard InChI is InChI=1S/C20H23Cl2NO3.ClH/c1-4-23(5-2)14(3)25-20(24)19(15-9-7-6-8-10-15)26-18-12-11-16(21)13-17(18)22;/h6-14,19H,4-5H2,1-3H3;1H. The molecule has 2 aromatic rings. The van der Waals surface area contributed by atoms with Crippen molar-refractivity contribution in [3.63, 3.8) is 0 Å². The Kier molecular flexibility index (Phi) is 9.95. The quantitative estimate of drug-likeness (QED) is 0.392. The van der Waals surface area contributed by atoms with Gasteiger partial charge in [-0.15, -0.1) is 12.4 Å². The van der Waals surface area contributed by atoms with Crippen molar-refractivity contribution in [2.24, 2.45) is 0 Å². The molecule has 2 aromatic carbocycles. The van der Waals surface area contributed by atoms with Crippen molar-refractivity contribution in [2.75, 3.05) is 13.1 Å². The summed E-state index contributed by atoms with van der Waals surface area (Å²) in [5.41, 5.74) is 0.690. The smallest absolute Gasteiger partial charge is 0.353 e. The first kappa shape index (κ1) is 23.6. The van der Waals surface area contributed by atoms with E-state index in [-0.39, 0.29) is 18.6 Å². The van der Waals surface area contributed by atoms with E-state index in [0.717, 1.165) is 13.1 Å². The van der Waals surface area contributed by atoms with Crippen LogP contribution in [0.25, 0.3) is 0 Å². The van der Waals surface area contributed by atoms with Crippen molar-refractivity contribution in [2.45, 2.75) is 33.1 Å². The zero-order valence-electron chi connectivity index (χ0n) is 15.5. The Morgan fingerprint density at radius 3 is 2.26 bits per heavy atom. The van der Waals surface area contributed by atoms with Gasteiger partial charge in [0.2, 0.25) is 6.10 Å². The maximum atomic E-state index is 12.8. The number of esters is 1. The molecular formula is C20H24Cl3NO3. The van der Waals surface area contributed by atoms with E-state index in [9.17, 15) is 4.79 Å². The number of rotatable bonds is 8. The number of benzene rings is 2. The molecule has 0 heterocycles. The third-order valence-electron chi connectivity index (χ3n) is 4.07. The van der Waals surface area contributed by atoms with Gasteiger partial charge in [-0.3, -0.25) is 4.90 Å². The molecular weight excluding hydrogens is 409 g/mol. The second-order valence-electron chi connectivity index (χ2n) is 5.74. The topological polar surface area (TPSA) is 38.8 Å². The molecule has 0 aliphatic heterocycles. The highest BCUT2D eigenvalue weighted by Gasteiger charge is 2.28. The molecule has 148 valence electrons. The summed E-state index contributed by atoms with van der Waals surface area (Å²) in [7, 11) is 0. The summed E-state index contributed by atoms with van der Waals surface area (Å²) in [6.45, 7) is 7.46. The monoisotopic (exact) mass is 431 g/mol. The SMILES string of the molecule is CCN(CC)C(C)OC(=O)C(Oc1ccc(Cl)cc1Cl)c1ccccc1.Cl. The fourth-order valence-corrected chi connectivity index (χ4v) is 3.07. The van der Waals surface area contributed by atoms with Crippen LogP contribution >= 0.6 is 35.6 Å². The van der Waals surface area contributed by atoms with Crippen LogP contribution in [0.4, 0.5) is 0 Å². The minimum Gasteiger partial charge on any atom is -0.472 e. The third kappa shape index (κ3) is 6.58. The molecule has 27 heavy (non-hydrogen) atoms. The maximum Gasteiger partial charge on any atom is 0.353 e. The summed E-state index contributed by atoms with van der Waals surface area (Å²) in [6.07, 6.45) is -1.28. The van der Waals surface area contributed by atoms with Crippen LogP contribution in [0.2, 0.25) is 10.0 Å². The Hall–Kier alpha value is -1.46. The number of hydrogen-bond acceptors (Lipinski definition) is 4. The molecule has 0 saturated carbocycles. The van der Waals surface area contributed by atoms with E-state index in [1.165, 1.54) is 0 Å². The second-order valence-corrected chi connectivity index (χ2v) is 6.58. The molecule has 0 amide bonds. The normalized spacial score (nSPS) is 12.8. The Labute approximate surface area is 176 Å². The summed E-state index contributed by atoms with van der Waals surface area (Å²) < 4.78 is 11.6. The van der Waals surface area contributed by atoms with E-state index in [1.54, 1.807) is 18.2 Å². The highest BCUT2D eigenvalue weighted by Crippen LogP contribution is 2.32. The highest BCUT2D eigenvalue weighted by atomic mass is 35.5. The van der Waals surface area contributed by atoms with Gasteiger partial charge in [0, 0.05) is 10.6 Å². The first-order chi connectivity index (χ1) is 12.5. The fourth-order valence-electron chi connectivity index (χ4n) is 2.62. The van der Waals surface area contributed by atoms with Crippen molar-refractivity contribution in [1.29, 1.82) is 0 Å². The van der Waals surface area contributed by atoms with E-state index in [0.29, 0.717) is 21.4 Å². The second kappa shape index (κ2) is 11.4. The number of carbonyl (C=O) groups is 1. The molecule has 0 saturated heterocycles. The number of hydrogen-bond donors (Lipinski definition) is 0. The number of carbonyl (C=O) groups excluding carboxylic acids is 1. The first-order valence-electron chi connectivity index (χ1n) is 8.57. The molecule has 0 aromatic heterocycles. The van der Waals surface area contributed by atoms with Gasteiger partial charge in [0.25, 0.3) is 0 Å². The van der Waals surface area contributed by atoms with E-state index >= 15 is 0 Å². The molecule has 0 aliphatic rings. The van der Waals surface area contributed by atoms with Crippen LogP contribution in [0.15, 0.2) is 48.5 Å². The van der Waals surface area contributed by atoms with Crippen molar-refractivity contribution in [1.82, 2.24) is 4.90 Å². The lowest BCUT2D eigenvalue weighted by Crippen LogP contribution is -2.38. The molecule has 0 radical (unpaired) electrons. The van der Waals surface area contributed by atoms with Crippen LogP contribution in [-0.4, -0.2) is 30.2 Å². The first-order valence-corrected chi connectivity index (χ1v) is 9.33. The minimum absolute atomic E-state index is 0. The molecule has 0 spiro atoms. The lowest BCUT2D eigenvalue weighted by molar-refractivity contribution is -0.166. The van der Waals surface area contributed by atoms with Crippen molar-refractivity contribution < 1.29 is 14.3 Å². The molecule has 2 atom stereocenters. The lowest BCUT2D eigenvalue weighted by Gasteiger charge is -2.28. The molecule has 7 heteroatoms. The Morgan fingerprint density at radius 1 is 1.07 bits per heavy atom. The number of halogens is 3. The van der Waals surface area contributed by atoms with Gasteiger partial charge >= 0.3 is 5.97 Å². The van der Waals surface area contributed by atoms with Gasteiger partial charge < -0.3 is 9.47 Å². The fraction of sp³-hybridized carbons (Fsp3) is 0.350. The van der Waals surface area contributed by atoms with Crippen LogP contribution in [0.1, 0.15) is 32.4 Å². The summed E-state index contributed by atoms with van der Waals surface area (Å²) in [5.74, 6) is -0.0982. The highest BCUT2D eigenvalue weighted by molar-refractivity contribution is 6.35. The van der Waals surface area contributed by atoms with Gasteiger partial charge in [-0.25, -0.2) is 4.79 Å². The van der Waals surface area contributed by atoms with Crippen molar-refractivity contribution in [3.05, 3.63) is 64.1 Å². The van der Waals surface area contributed by atoms with Gasteiger partial charge in [-0.2, -0.15) is 0 Å². The molecule has 0 fully saturated rings. The van der Waals surface area contributed by atoms with Crippen LogP contribution in [0, 0.1) is 0 Å². The Morgan fingerprint density at radius 2 is 1.70 bits per heavy atom. The summed E-state index contributed by atoms with van der Waals surface area (Å²) in [5, 5.41) is 0.833. The zero-order valence-corrected chi connectivity index (χ0v) is 17.9. The van der Waals surface area contributed by atoms with Crippen LogP contribution in [0.3, 0.4) is 0 Å². The number of ether oxygens (including phenoxy) is 2. The summed E-state index contributed by atoms with van der Waals surface area (Å²) >= 11 is 12.1. The van der Waals surface area contributed by atoms with Crippen molar-refractivity contribution in [3.8, 4) is 5.75 Å². The van der Waals surface area contributed by atoms with E-state index in [1.807, 2.05) is 56.0 Å². The van der Waals surface area contributed by atoms with Crippen LogP contribution < -0.4 is 4.74 Å². The average Bonchev–Trinajstić information content (AvgIpc) is 2.62. The summed E-state index contributed by atoms with van der Waals surface area (Å²) in [6, 6.07) is 14.1. The molecule has 2 rings (SSSR count). The molecule has 0 bridgehead atoms. The van der Waals surface area contributed by atoms with Gasteiger partial charge in [0.15, 0.2) is 6.23 Å². The van der Waals surface area contributed by atoms with Gasteiger partial charge in [0.05, 0.1) is 5.02 Å². The van der Waals surface area contributed by atoms with Gasteiger partial charge in [-0.1, -0.05) is 67.4 Å². The predicted molar refractivity (Wildman–Crippen MR) is 112 cm³/mol. The maximum absolute atomic E-state index is 12.8. The third-order valence-corrected chi connectivity index (χ3v) is 4.60. The molecule has 0 N–H and O–H groups in total. The van der Waals surface area contributed by atoms with E-state index in [2.05, 4.69) is 0 Å². The van der Waals surface area contributed by atoms with E-state index < -0.39 is 12.1 Å². The average molecular weight is 433 g/mol. The van der Waals surface area contributed by atoms with Crippen LogP contribution in [0.5, 0.6) is 5.75 Å². The zero-order chi connectivity index (χ0) is 19.1. The predicted octanol–water partition coefficient (Wildman–Crippen LogP) is 5.77. The molecule has 0 aliphatic carbocycles. The largest absolute Gasteiger partial charge is 0.472 e. The van der Waals surface area contributed by atoms with Gasteiger partial charge in [-0.05, 0) is 38.2 Å². The molecule has 2 unspecified atom stereocenters. The summed E-state index contributed by atoms with van der Waals surface area (Å²) in [4.78, 5) is 14.9. The van der Waals surface area contributed by atoms with Crippen molar-refractivity contribution >= 4 is 41.6 Å². The molecule has 4 nitrogen and oxygen atoms in total. The van der Waals surface area contributed by atoms with Crippen LogP contribution in [-0.2, 0) is 9.53 Å². The Balaban J connectivity index is 0.00000364. The lowest BCUT2D eigenvalue weighted by atomic mass is 10.1. The van der Waals surface area contributed by atoms with E-state index in [4.69, 9.17) is 32.7 Å².